The van der Waals surface area contributed by atoms with Crippen LogP contribution < -0.4 is 11.2 Å². The van der Waals surface area contributed by atoms with Gasteiger partial charge < -0.3 is 5.73 Å². The second kappa shape index (κ2) is 7.24. The molecule has 0 amide bonds. The topological polar surface area (TPSA) is 137 Å². The molecule has 0 aliphatic rings. The summed E-state index contributed by atoms with van der Waals surface area (Å²) < 4.78 is 0. The van der Waals surface area contributed by atoms with Gasteiger partial charge >= 0.3 is 5.69 Å². The van der Waals surface area contributed by atoms with Gasteiger partial charge in [-0.3, -0.25) is 25.7 Å². The van der Waals surface area contributed by atoms with Gasteiger partial charge in [-0.1, -0.05) is 30.4 Å². The van der Waals surface area contributed by atoms with Crippen LogP contribution in [-0.2, 0) is 0 Å². The third-order valence-corrected chi connectivity index (χ3v) is 3.19. The molecule has 9 nitrogen and oxygen atoms in total. The van der Waals surface area contributed by atoms with Crippen molar-refractivity contribution in [1.82, 2.24) is 0 Å². The number of hydrogen-bond acceptors (Lipinski definition) is 7. The van der Waals surface area contributed by atoms with Crippen LogP contribution in [0.1, 0.15) is 11.1 Å². The van der Waals surface area contributed by atoms with Crippen molar-refractivity contribution in [3.05, 3.63) is 73.8 Å². The molecule has 0 radical (unpaired) electrons. The van der Waals surface area contributed by atoms with Crippen molar-refractivity contribution >= 4 is 40.5 Å². The summed E-state index contributed by atoms with van der Waals surface area (Å²) in [6.45, 7) is 0. The van der Waals surface area contributed by atoms with Gasteiger partial charge in [0, 0.05) is 11.6 Å². The van der Waals surface area contributed by atoms with Crippen molar-refractivity contribution in [2.75, 3.05) is 5.43 Å². The molecule has 0 atom stereocenters. The molecule has 0 saturated carbocycles. The predicted molar refractivity (Wildman–Crippen MR) is 93.3 cm³/mol. The average Bonchev–Trinajstić information content (AvgIpc) is 2.55. The first kappa shape index (κ1) is 17.0. The Morgan fingerprint density at radius 1 is 1.17 bits per heavy atom. The van der Waals surface area contributed by atoms with E-state index < -0.39 is 15.5 Å². The van der Waals surface area contributed by atoms with E-state index in [-0.39, 0.29) is 16.4 Å². The molecule has 2 aromatic carbocycles. The van der Waals surface area contributed by atoms with Crippen molar-refractivity contribution in [3.8, 4) is 0 Å². The maximum absolute atomic E-state index is 11.0. The summed E-state index contributed by atoms with van der Waals surface area (Å²) >= 11 is 4.88. The lowest BCUT2D eigenvalue weighted by Gasteiger charge is -2.02. The number of nitrogens with zero attached hydrogens (tertiary/aromatic N) is 3. The summed E-state index contributed by atoms with van der Waals surface area (Å²) in [4.78, 5) is 20.5. The number of nitrogens with two attached hydrogens (primary N) is 1. The van der Waals surface area contributed by atoms with E-state index in [4.69, 9.17) is 18.0 Å². The minimum atomic E-state index is -0.724. The van der Waals surface area contributed by atoms with Crippen LogP contribution in [0.15, 0.2) is 47.6 Å². The molecule has 0 fully saturated rings. The van der Waals surface area contributed by atoms with Crippen molar-refractivity contribution in [3.63, 3.8) is 0 Å². The van der Waals surface area contributed by atoms with Gasteiger partial charge in [0.15, 0.2) is 0 Å². The van der Waals surface area contributed by atoms with Gasteiger partial charge in [0.25, 0.3) is 5.69 Å². The van der Waals surface area contributed by atoms with E-state index in [1.807, 2.05) is 0 Å². The minimum Gasteiger partial charge on any atom is -0.389 e. The zero-order valence-corrected chi connectivity index (χ0v) is 12.9. The Bertz CT molecular complexity index is 853. The number of rotatable bonds is 6. The Balaban J connectivity index is 2.22. The molecule has 3 N–H and O–H groups in total. The molecular weight excluding hydrogens is 334 g/mol. The van der Waals surface area contributed by atoms with Crippen molar-refractivity contribution in [2.45, 2.75) is 0 Å². The van der Waals surface area contributed by atoms with Gasteiger partial charge in [-0.2, -0.15) is 5.10 Å². The first-order chi connectivity index (χ1) is 11.4. The van der Waals surface area contributed by atoms with Crippen LogP contribution in [-0.4, -0.2) is 21.0 Å². The molecule has 24 heavy (non-hydrogen) atoms. The third kappa shape index (κ3) is 4.08. The van der Waals surface area contributed by atoms with Crippen LogP contribution in [0.2, 0.25) is 0 Å². The lowest BCUT2D eigenvalue weighted by Crippen LogP contribution is -2.09. The maximum atomic E-state index is 11.0. The molecule has 0 bridgehead atoms. The average molecular weight is 345 g/mol. The van der Waals surface area contributed by atoms with E-state index in [9.17, 15) is 20.2 Å². The van der Waals surface area contributed by atoms with Crippen LogP contribution >= 0.6 is 12.2 Å². The number of nitro groups is 2. The molecule has 0 heterocycles. The number of anilines is 1. The number of hydrogen-bond donors (Lipinski definition) is 2. The van der Waals surface area contributed by atoms with Crippen LogP contribution in [0, 0.1) is 20.2 Å². The quantitative estimate of drug-likeness (QED) is 0.355. The molecule has 0 aliphatic carbocycles. The van der Waals surface area contributed by atoms with Crippen molar-refractivity contribution in [1.29, 1.82) is 0 Å². The number of thiocarbonyl (C=S) groups is 1. The number of non-ortho nitro benzene ring substituents is 1. The Labute approximate surface area is 141 Å². The van der Waals surface area contributed by atoms with Crippen molar-refractivity contribution < 1.29 is 9.85 Å². The molecule has 122 valence electrons. The SMILES string of the molecule is NC(=S)c1cccc(/C=N/Nc2ccc([N+](=O)[O-])cc2[N+](=O)[O-])c1. The number of benzene rings is 2. The molecule has 0 spiro atoms. The summed E-state index contributed by atoms with van der Waals surface area (Å²) in [5.41, 5.74) is 8.59. The fraction of sp³-hybridized carbons (Fsp3) is 0. The van der Waals surface area contributed by atoms with Gasteiger partial charge in [0.05, 0.1) is 22.1 Å². The highest BCUT2D eigenvalue weighted by Crippen LogP contribution is 2.28. The highest BCUT2D eigenvalue weighted by atomic mass is 32.1. The van der Waals surface area contributed by atoms with E-state index in [1.54, 1.807) is 24.3 Å². The fourth-order valence-corrected chi connectivity index (χ4v) is 1.95. The minimum absolute atomic E-state index is 0.0346. The smallest absolute Gasteiger partial charge is 0.301 e. The van der Waals surface area contributed by atoms with Gasteiger partial charge in [-0.15, -0.1) is 0 Å². The first-order valence-electron chi connectivity index (χ1n) is 6.50. The number of nitro benzene ring substituents is 2. The van der Waals surface area contributed by atoms with Crippen LogP contribution in [0.3, 0.4) is 0 Å². The zero-order valence-electron chi connectivity index (χ0n) is 12.1. The lowest BCUT2D eigenvalue weighted by atomic mass is 10.1. The zero-order chi connectivity index (χ0) is 17.7. The molecule has 0 aromatic heterocycles. The molecule has 2 aromatic rings. The fourth-order valence-electron chi connectivity index (χ4n) is 1.83. The molecule has 0 aliphatic heterocycles. The highest BCUT2D eigenvalue weighted by Gasteiger charge is 2.18. The van der Waals surface area contributed by atoms with Crippen molar-refractivity contribution in [2.24, 2.45) is 10.8 Å². The molecule has 2 rings (SSSR count). The predicted octanol–water partition coefficient (Wildman–Crippen LogP) is 2.58. The summed E-state index contributed by atoms with van der Waals surface area (Å²) in [6, 6.07) is 10.2. The van der Waals surface area contributed by atoms with Gasteiger partial charge in [-0.05, 0) is 17.7 Å². The first-order valence-corrected chi connectivity index (χ1v) is 6.91. The summed E-state index contributed by atoms with van der Waals surface area (Å²) in [5.74, 6) is 0. The maximum Gasteiger partial charge on any atom is 0.301 e. The molecule has 10 heteroatoms. The summed E-state index contributed by atoms with van der Waals surface area (Å²) in [6.07, 6.45) is 1.42. The van der Waals surface area contributed by atoms with E-state index in [0.717, 1.165) is 12.1 Å². The normalized spacial score (nSPS) is 10.5. The van der Waals surface area contributed by atoms with Gasteiger partial charge in [-0.25, -0.2) is 0 Å². The molecule has 0 unspecified atom stereocenters. The Hall–Kier alpha value is -3.40. The standard InChI is InChI=1S/C14H11N5O4S/c15-14(24)10-3-1-2-9(6-10)8-16-17-12-5-4-11(18(20)21)7-13(12)19(22)23/h1-8,17H,(H2,15,24)/b16-8+. The van der Waals surface area contributed by atoms with Crippen LogP contribution in [0.5, 0.6) is 0 Å². The van der Waals surface area contributed by atoms with E-state index >= 15 is 0 Å². The van der Waals surface area contributed by atoms with E-state index in [2.05, 4.69) is 10.5 Å². The summed E-state index contributed by atoms with van der Waals surface area (Å²) in [7, 11) is 0. The number of nitrogens with one attached hydrogen (secondary N) is 1. The van der Waals surface area contributed by atoms with E-state index in [0.29, 0.717) is 11.1 Å². The van der Waals surface area contributed by atoms with Crippen LogP contribution in [0.25, 0.3) is 0 Å². The molecule has 0 saturated heterocycles. The second-order valence-electron chi connectivity index (χ2n) is 4.58. The second-order valence-corrected chi connectivity index (χ2v) is 5.02. The summed E-state index contributed by atoms with van der Waals surface area (Å²) in [5, 5.41) is 25.6. The van der Waals surface area contributed by atoms with Crippen LogP contribution in [0.4, 0.5) is 17.1 Å². The Morgan fingerprint density at radius 3 is 2.54 bits per heavy atom. The van der Waals surface area contributed by atoms with Gasteiger partial charge in [0.1, 0.15) is 10.7 Å². The third-order valence-electron chi connectivity index (χ3n) is 2.96. The lowest BCUT2D eigenvalue weighted by molar-refractivity contribution is -0.393. The van der Waals surface area contributed by atoms with Gasteiger partial charge in [0.2, 0.25) is 0 Å². The monoisotopic (exact) mass is 345 g/mol. The number of hydrazone groups is 1. The van der Waals surface area contributed by atoms with E-state index in [1.165, 1.54) is 12.3 Å². The molecular formula is C14H11N5O4S. The highest BCUT2D eigenvalue weighted by molar-refractivity contribution is 7.80. The largest absolute Gasteiger partial charge is 0.389 e. The Morgan fingerprint density at radius 2 is 1.92 bits per heavy atom. The Kier molecular flexibility index (Phi) is 5.12.